The Hall–Kier alpha value is -1.43. The number of amides is 1. The van der Waals surface area contributed by atoms with Crippen LogP contribution in [0, 0.1) is 6.92 Å². The summed E-state index contributed by atoms with van der Waals surface area (Å²) in [5.74, 6) is -0.206. The zero-order valence-corrected chi connectivity index (χ0v) is 14.2. The Morgan fingerprint density at radius 1 is 1.43 bits per heavy atom. The van der Waals surface area contributed by atoms with E-state index in [-0.39, 0.29) is 11.9 Å². The molecule has 3 rings (SSSR count). The van der Waals surface area contributed by atoms with Crippen molar-refractivity contribution >= 4 is 5.91 Å². The third kappa shape index (κ3) is 3.42. The largest absolute Gasteiger partial charge is 0.381 e. The Morgan fingerprint density at radius 3 is 2.87 bits per heavy atom. The Kier molecular flexibility index (Phi) is 4.45. The quantitative estimate of drug-likeness (QED) is 0.863. The third-order valence-corrected chi connectivity index (χ3v) is 4.63. The molecule has 1 amide bonds. The van der Waals surface area contributed by atoms with Crippen LogP contribution in [-0.2, 0) is 22.5 Å². The van der Waals surface area contributed by atoms with Crippen LogP contribution in [0.4, 0.5) is 0 Å². The number of rotatable bonds is 2. The molecule has 2 N–H and O–H groups in total. The topological polar surface area (TPSA) is 61.8 Å². The van der Waals surface area contributed by atoms with Crippen LogP contribution < -0.4 is 5.32 Å². The highest BCUT2D eigenvalue weighted by Gasteiger charge is 2.33. The first-order chi connectivity index (χ1) is 10.9. The maximum atomic E-state index is 12.4. The molecule has 1 saturated heterocycles. The standard InChI is InChI=1S/C18H26N2O3/c1-12-8-13-4-6-20(17(21)18(2,3)22)10-15(13)14(9-12)16-11-23-7-5-19-16/h8-9,16,19,22H,4-7,10-11H2,1-3H3/t16-/m0/s1. The number of nitrogens with zero attached hydrogens (tertiary/aromatic N) is 1. The minimum Gasteiger partial charge on any atom is -0.381 e. The second-order valence-electron chi connectivity index (χ2n) is 7.11. The van der Waals surface area contributed by atoms with E-state index in [2.05, 4.69) is 24.4 Å². The summed E-state index contributed by atoms with van der Waals surface area (Å²) in [4.78, 5) is 14.2. The number of morpholine rings is 1. The fourth-order valence-electron chi connectivity index (χ4n) is 3.50. The minimum atomic E-state index is -1.32. The molecular formula is C18H26N2O3. The van der Waals surface area contributed by atoms with Gasteiger partial charge < -0.3 is 20.1 Å². The highest BCUT2D eigenvalue weighted by atomic mass is 16.5. The summed E-state index contributed by atoms with van der Waals surface area (Å²) in [5, 5.41) is 13.5. The lowest BCUT2D eigenvalue weighted by Gasteiger charge is -2.36. The van der Waals surface area contributed by atoms with Gasteiger partial charge in [0, 0.05) is 19.6 Å². The van der Waals surface area contributed by atoms with E-state index in [1.165, 1.54) is 22.3 Å². The van der Waals surface area contributed by atoms with Crippen molar-refractivity contribution in [1.82, 2.24) is 10.2 Å². The molecule has 0 spiro atoms. The van der Waals surface area contributed by atoms with Crippen LogP contribution in [0.2, 0.25) is 0 Å². The lowest BCUT2D eigenvalue weighted by Crippen LogP contribution is -2.47. The predicted octanol–water partition coefficient (Wildman–Crippen LogP) is 1.31. The maximum Gasteiger partial charge on any atom is 0.254 e. The molecule has 23 heavy (non-hydrogen) atoms. The van der Waals surface area contributed by atoms with Gasteiger partial charge in [0.15, 0.2) is 0 Å². The number of aryl methyl sites for hydroxylation is 1. The van der Waals surface area contributed by atoms with Crippen molar-refractivity contribution in [3.05, 3.63) is 34.4 Å². The number of carbonyl (C=O) groups is 1. The van der Waals surface area contributed by atoms with Gasteiger partial charge in [0.2, 0.25) is 0 Å². The lowest BCUT2D eigenvalue weighted by atomic mass is 9.88. The van der Waals surface area contributed by atoms with Gasteiger partial charge in [-0.25, -0.2) is 0 Å². The maximum absolute atomic E-state index is 12.4. The van der Waals surface area contributed by atoms with E-state index < -0.39 is 5.60 Å². The summed E-state index contributed by atoms with van der Waals surface area (Å²) in [7, 11) is 0. The SMILES string of the molecule is Cc1cc2c(c([C@@H]3COCCN3)c1)CN(C(=O)C(C)(C)O)CC2. The first-order valence-corrected chi connectivity index (χ1v) is 8.31. The Morgan fingerprint density at radius 2 is 2.22 bits per heavy atom. The highest BCUT2D eigenvalue weighted by molar-refractivity contribution is 5.84. The second-order valence-corrected chi connectivity index (χ2v) is 7.11. The van der Waals surface area contributed by atoms with Crippen LogP contribution in [-0.4, -0.2) is 47.8 Å². The molecule has 5 nitrogen and oxygen atoms in total. The smallest absolute Gasteiger partial charge is 0.254 e. The Bertz CT molecular complexity index is 601. The van der Waals surface area contributed by atoms with E-state index in [0.717, 1.165) is 19.6 Å². The molecule has 5 heteroatoms. The van der Waals surface area contributed by atoms with Crippen LogP contribution >= 0.6 is 0 Å². The summed E-state index contributed by atoms with van der Waals surface area (Å²) < 4.78 is 5.61. The fourth-order valence-corrected chi connectivity index (χ4v) is 3.50. The van der Waals surface area contributed by atoms with Gasteiger partial charge in [-0.3, -0.25) is 4.79 Å². The normalized spacial score (nSPS) is 21.9. The van der Waals surface area contributed by atoms with Crippen molar-refractivity contribution in [1.29, 1.82) is 0 Å². The molecule has 0 saturated carbocycles. The van der Waals surface area contributed by atoms with E-state index in [0.29, 0.717) is 19.7 Å². The Labute approximate surface area is 137 Å². The molecule has 126 valence electrons. The van der Waals surface area contributed by atoms with Crippen LogP contribution in [0.3, 0.4) is 0 Å². The summed E-state index contributed by atoms with van der Waals surface area (Å²) in [6, 6.07) is 4.59. The minimum absolute atomic E-state index is 0.176. The van der Waals surface area contributed by atoms with Crippen molar-refractivity contribution in [3.63, 3.8) is 0 Å². The van der Waals surface area contributed by atoms with Gasteiger partial charge in [0.05, 0.1) is 19.3 Å². The molecule has 1 atom stereocenters. The van der Waals surface area contributed by atoms with Gasteiger partial charge in [-0.05, 0) is 43.9 Å². The number of fused-ring (bicyclic) bond motifs is 1. The molecular weight excluding hydrogens is 292 g/mol. The summed E-state index contributed by atoms with van der Waals surface area (Å²) in [5.41, 5.74) is 3.67. The molecule has 0 bridgehead atoms. The van der Waals surface area contributed by atoms with E-state index in [9.17, 15) is 9.90 Å². The van der Waals surface area contributed by atoms with E-state index in [4.69, 9.17) is 4.74 Å². The number of nitrogens with one attached hydrogen (secondary N) is 1. The van der Waals surface area contributed by atoms with E-state index in [1.807, 2.05) is 0 Å². The first kappa shape index (κ1) is 16.4. The van der Waals surface area contributed by atoms with Crippen LogP contribution in [0.5, 0.6) is 0 Å². The van der Waals surface area contributed by atoms with Gasteiger partial charge in [0.25, 0.3) is 5.91 Å². The second kappa shape index (κ2) is 6.23. The highest BCUT2D eigenvalue weighted by Crippen LogP contribution is 2.30. The number of ether oxygens (including phenoxy) is 1. The summed E-state index contributed by atoms with van der Waals surface area (Å²) >= 11 is 0. The fraction of sp³-hybridized carbons (Fsp3) is 0.611. The average molecular weight is 318 g/mol. The average Bonchev–Trinajstić information content (AvgIpc) is 2.53. The molecule has 0 radical (unpaired) electrons. The van der Waals surface area contributed by atoms with Crippen molar-refractivity contribution in [2.24, 2.45) is 0 Å². The molecule has 2 aliphatic rings. The number of hydrogen-bond donors (Lipinski definition) is 2. The number of carbonyl (C=O) groups excluding carboxylic acids is 1. The monoisotopic (exact) mass is 318 g/mol. The summed E-state index contributed by atoms with van der Waals surface area (Å²) in [6.07, 6.45) is 0.833. The first-order valence-electron chi connectivity index (χ1n) is 8.31. The van der Waals surface area contributed by atoms with Gasteiger partial charge in [-0.2, -0.15) is 0 Å². The third-order valence-electron chi connectivity index (χ3n) is 4.63. The van der Waals surface area contributed by atoms with Crippen LogP contribution in [0.1, 0.15) is 42.1 Å². The zero-order valence-electron chi connectivity index (χ0n) is 14.2. The van der Waals surface area contributed by atoms with Crippen molar-refractivity contribution in [2.75, 3.05) is 26.3 Å². The van der Waals surface area contributed by atoms with Gasteiger partial charge in [-0.15, -0.1) is 0 Å². The van der Waals surface area contributed by atoms with Gasteiger partial charge in [-0.1, -0.05) is 17.7 Å². The van der Waals surface area contributed by atoms with Crippen LogP contribution in [0.25, 0.3) is 0 Å². The lowest BCUT2D eigenvalue weighted by molar-refractivity contribution is -0.148. The number of benzene rings is 1. The molecule has 0 aromatic heterocycles. The molecule has 1 aromatic rings. The van der Waals surface area contributed by atoms with E-state index >= 15 is 0 Å². The molecule has 1 aromatic carbocycles. The molecule has 0 aliphatic carbocycles. The van der Waals surface area contributed by atoms with Crippen molar-refractivity contribution in [2.45, 2.75) is 45.4 Å². The van der Waals surface area contributed by atoms with Crippen molar-refractivity contribution in [3.8, 4) is 0 Å². The van der Waals surface area contributed by atoms with E-state index in [1.54, 1.807) is 18.7 Å². The Balaban J connectivity index is 1.92. The predicted molar refractivity (Wildman–Crippen MR) is 88.2 cm³/mol. The zero-order chi connectivity index (χ0) is 16.6. The van der Waals surface area contributed by atoms with Crippen molar-refractivity contribution < 1.29 is 14.6 Å². The number of hydrogen-bond acceptors (Lipinski definition) is 4. The molecule has 2 heterocycles. The number of aliphatic hydroxyl groups is 1. The molecule has 1 fully saturated rings. The molecule has 2 aliphatic heterocycles. The van der Waals surface area contributed by atoms with Gasteiger partial charge in [0.1, 0.15) is 5.60 Å². The molecule has 0 unspecified atom stereocenters. The summed E-state index contributed by atoms with van der Waals surface area (Å²) in [6.45, 7) is 8.69. The van der Waals surface area contributed by atoms with Crippen LogP contribution in [0.15, 0.2) is 12.1 Å². The van der Waals surface area contributed by atoms with Gasteiger partial charge >= 0.3 is 0 Å².